The Kier molecular flexibility index (Phi) is 4.52. The van der Waals surface area contributed by atoms with E-state index in [-0.39, 0.29) is 5.84 Å². The Balaban J connectivity index is 0.000000162. The van der Waals surface area contributed by atoms with Crippen LogP contribution in [0.3, 0.4) is 0 Å². The van der Waals surface area contributed by atoms with E-state index in [2.05, 4.69) is 48.3 Å². The third kappa shape index (κ3) is 3.41. The molecule has 0 aliphatic rings. The molecule has 1 heterocycles. The number of pyridine rings is 1. The molecule has 0 bridgehead atoms. The second kappa shape index (κ2) is 6.92. The molecule has 4 rings (SSSR count). The van der Waals surface area contributed by atoms with Crippen molar-refractivity contribution in [1.82, 2.24) is 4.98 Å². The molecule has 1 aromatic heterocycles. The van der Waals surface area contributed by atoms with Gasteiger partial charge in [0, 0.05) is 16.3 Å². The van der Waals surface area contributed by atoms with Gasteiger partial charge < -0.3 is 5.73 Å². The first-order valence-corrected chi connectivity index (χ1v) is 7.80. The third-order valence-electron chi connectivity index (χ3n) is 3.86. The SMILES string of the molecule is Cc1cccc2nc3ccccc3cc12.N=C(N)c1ccccc1. The Morgan fingerprint density at radius 3 is 2.21 bits per heavy atom. The Morgan fingerprint density at radius 2 is 1.50 bits per heavy atom. The summed E-state index contributed by atoms with van der Waals surface area (Å²) in [5, 5.41) is 9.47. The zero-order chi connectivity index (χ0) is 16.9. The second-order valence-electron chi connectivity index (χ2n) is 5.60. The van der Waals surface area contributed by atoms with Crippen LogP contribution in [0, 0.1) is 12.3 Å². The summed E-state index contributed by atoms with van der Waals surface area (Å²) >= 11 is 0. The van der Waals surface area contributed by atoms with Gasteiger partial charge in [-0.25, -0.2) is 4.98 Å². The average molecular weight is 313 g/mol. The van der Waals surface area contributed by atoms with Gasteiger partial charge in [0.15, 0.2) is 0 Å². The second-order valence-corrected chi connectivity index (χ2v) is 5.60. The molecule has 3 nitrogen and oxygen atoms in total. The minimum Gasteiger partial charge on any atom is -0.384 e. The van der Waals surface area contributed by atoms with E-state index in [1.807, 2.05) is 42.5 Å². The molecule has 0 unspecified atom stereocenters. The molecular formula is C21H19N3. The number of hydrogen-bond acceptors (Lipinski definition) is 2. The Labute approximate surface area is 141 Å². The maximum Gasteiger partial charge on any atom is 0.122 e. The number of nitrogens with two attached hydrogens (primary N) is 1. The van der Waals surface area contributed by atoms with Gasteiger partial charge in [-0.05, 0) is 30.7 Å². The first-order valence-electron chi connectivity index (χ1n) is 7.80. The minimum absolute atomic E-state index is 0.121. The summed E-state index contributed by atoms with van der Waals surface area (Å²) in [5.41, 5.74) is 9.40. The number of aryl methyl sites for hydroxylation is 1. The van der Waals surface area contributed by atoms with Crippen LogP contribution in [-0.4, -0.2) is 10.8 Å². The molecule has 0 aliphatic carbocycles. The fourth-order valence-corrected chi connectivity index (χ4v) is 2.56. The van der Waals surface area contributed by atoms with E-state index < -0.39 is 0 Å². The highest BCUT2D eigenvalue weighted by Crippen LogP contribution is 2.21. The molecule has 118 valence electrons. The number of aromatic nitrogens is 1. The molecule has 0 amide bonds. The van der Waals surface area contributed by atoms with Crippen molar-refractivity contribution in [3.05, 3.63) is 90.0 Å². The van der Waals surface area contributed by atoms with Crippen LogP contribution in [0.25, 0.3) is 21.8 Å². The van der Waals surface area contributed by atoms with Gasteiger partial charge in [-0.15, -0.1) is 0 Å². The van der Waals surface area contributed by atoms with E-state index in [9.17, 15) is 0 Å². The summed E-state index contributed by atoms with van der Waals surface area (Å²) in [6.07, 6.45) is 0. The lowest BCUT2D eigenvalue weighted by atomic mass is 10.1. The van der Waals surface area contributed by atoms with Crippen LogP contribution >= 0.6 is 0 Å². The monoisotopic (exact) mass is 313 g/mol. The van der Waals surface area contributed by atoms with Crippen molar-refractivity contribution in [2.75, 3.05) is 0 Å². The number of nitrogen functional groups attached to an aromatic ring is 1. The fourth-order valence-electron chi connectivity index (χ4n) is 2.56. The smallest absolute Gasteiger partial charge is 0.122 e. The van der Waals surface area contributed by atoms with Crippen molar-refractivity contribution >= 4 is 27.6 Å². The highest BCUT2D eigenvalue weighted by atomic mass is 14.7. The van der Waals surface area contributed by atoms with Crippen molar-refractivity contribution in [3.8, 4) is 0 Å². The summed E-state index contributed by atoms with van der Waals surface area (Å²) in [4.78, 5) is 4.64. The number of para-hydroxylation sites is 1. The van der Waals surface area contributed by atoms with E-state index in [0.29, 0.717) is 0 Å². The normalized spacial score (nSPS) is 10.2. The molecule has 3 N–H and O–H groups in total. The van der Waals surface area contributed by atoms with Crippen LogP contribution in [-0.2, 0) is 0 Å². The molecular weight excluding hydrogens is 294 g/mol. The van der Waals surface area contributed by atoms with E-state index >= 15 is 0 Å². The number of benzene rings is 3. The van der Waals surface area contributed by atoms with Crippen molar-refractivity contribution in [2.24, 2.45) is 5.73 Å². The van der Waals surface area contributed by atoms with Crippen molar-refractivity contribution in [1.29, 1.82) is 5.41 Å². The van der Waals surface area contributed by atoms with Gasteiger partial charge in [0.25, 0.3) is 0 Å². The maximum absolute atomic E-state index is 7.01. The zero-order valence-electron chi connectivity index (χ0n) is 13.5. The molecule has 0 saturated carbocycles. The quantitative estimate of drug-likeness (QED) is 0.305. The maximum atomic E-state index is 7.01. The number of nitrogens with zero attached hydrogens (tertiary/aromatic N) is 1. The van der Waals surface area contributed by atoms with Gasteiger partial charge in [0.1, 0.15) is 5.84 Å². The average Bonchev–Trinajstić information content (AvgIpc) is 2.62. The van der Waals surface area contributed by atoms with E-state index in [1.165, 1.54) is 16.3 Å². The number of rotatable bonds is 1. The van der Waals surface area contributed by atoms with Gasteiger partial charge in [-0.2, -0.15) is 0 Å². The number of nitrogens with one attached hydrogen (secondary N) is 1. The summed E-state index contributed by atoms with van der Waals surface area (Å²) < 4.78 is 0. The van der Waals surface area contributed by atoms with Crippen LogP contribution in [0.4, 0.5) is 0 Å². The lowest BCUT2D eigenvalue weighted by molar-refractivity contribution is 1.42. The summed E-state index contributed by atoms with van der Waals surface area (Å²) in [5.74, 6) is 0.121. The number of hydrogen-bond donors (Lipinski definition) is 2. The van der Waals surface area contributed by atoms with Crippen molar-refractivity contribution < 1.29 is 0 Å². The molecule has 4 aromatic rings. The molecule has 0 spiro atoms. The lowest BCUT2D eigenvalue weighted by Crippen LogP contribution is -2.10. The minimum atomic E-state index is 0.121. The molecule has 0 aliphatic heterocycles. The number of fused-ring (bicyclic) bond motifs is 2. The van der Waals surface area contributed by atoms with Crippen LogP contribution in [0.5, 0.6) is 0 Å². The summed E-state index contributed by atoms with van der Waals surface area (Å²) in [6, 6.07) is 25.9. The fraction of sp³-hybridized carbons (Fsp3) is 0.0476. The first-order chi connectivity index (χ1) is 11.6. The van der Waals surface area contributed by atoms with Crippen molar-refractivity contribution in [2.45, 2.75) is 6.92 Å². The van der Waals surface area contributed by atoms with Gasteiger partial charge in [0.05, 0.1) is 11.0 Å². The highest BCUT2D eigenvalue weighted by Gasteiger charge is 2.00. The van der Waals surface area contributed by atoms with Gasteiger partial charge >= 0.3 is 0 Å². The molecule has 0 radical (unpaired) electrons. The van der Waals surface area contributed by atoms with Gasteiger partial charge in [0.2, 0.25) is 0 Å². The largest absolute Gasteiger partial charge is 0.384 e. The number of amidine groups is 1. The summed E-state index contributed by atoms with van der Waals surface area (Å²) in [6.45, 7) is 2.12. The predicted molar refractivity (Wildman–Crippen MR) is 101 cm³/mol. The molecule has 0 fully saturated rings. The van der Waals surface area contributed by atoms with Gasteiger partial charge in [-0.3, -0.25) is 5.41 Å². The zero-order valence-corrected chi connectivity index (χ0v) is 13.5. The molecule has 0 atom stereocenters. The molecule has 3 heteroatoms. The standard InChI is InChI=1S/C14H11N.C7H8N2/c1-10-5-4-8-14-12(10)9-11-6-2-3-7-13(11)15-14;8-7(9)6-4-2-1-3-5-6/h2-9H,1H3;1-5H,(H3,8,9). The topological polar surface area (TPSA) is 62.8 Å². The van der Waals surface area contributed by atoms with E-state index in [4.69, 9.17) is 11.1 Å². The van der Waals surface area contributed by atoms with Crippen LogP contribution < -0.4 is 5.73 Å². The Morgan fingerprint density at radius 1 is 0.833 bits per heavy atom. The van der Waals surface area contributed by atoms with E-state index in [1.54, 1.807) is 0 Å². The molecule has 24 heavy (non-hydrogen) atoms. The van der Waals surface area contributed by atoms with E-state index in [0.717, 1.165) is 16.6 Å². The third-order valence-corrected chi connectivity index (χ3v) is 3.86. The molecule has 3 aromatic carbocycles. The van der Waals surface area contributed by atoms with Crippen LogP contribution in [0.1, 0.15) is 11.1 Å². The predicted octanol–water partition coefficient (Wildman–Crippen LogP) is 4.67. The van der Waals surface area contributed by atoms with Gasteiger partial charge in [-0.1, -0.05) is 60.7 Å². The van der Waals surface area contributed by atoms with Crippen molar-refractivity contribution in [3.63, 3.8) is 0 Å². The lowest BCUT2D eigenvalue weighted by Gasteiger charge is -2.03. The molecule has 0 saturated heterocycles. The Bertz CT molecular complexity index is 991. The van der Waals surface area contributed by atoms with Crippen LogP contribution in [0.2, 0.25) is 0 Å². The Hall–Kier alpha value is -3.20. The highest BCUT2D eigenvalue weighted by molar-refractivity contribution is 5.95. The van der Waals surface area contributed by atoms with Crippen LogP contribution in [0.15, 0.2) is 78.9 Å². The first kappa shape index (κ1) is 15.7. The summed E-state index contributed by atoms with van der Waals surface area (Å²) in [7, 11) is 0.